The highest BCUT2D eigenvalue weighted by atomic mass is 35.5. The van der Waals surface area contributed by atoms with Gasteiger partial charge in [-0.25, -0.2) is 0 Å². The second-order valence-electron chi connectivity index (χ2n) is 4.94. The Kier molecular flexibility index (Phi) is 6.11. The number of nitrogens with zero attached hydrogens (tertiary/aromatic N) is 1. The second-order valence-corrected chi connectivity index (χ2v) is 5.38. The van der Waals surface area contributed by atoms with Crippen molar-refractivity contribution in [1.82, 2.24) is 4.90 Å². The van der Waals surface area contributed by atoms with Crippen molar-refractivity contribution in [3.05, 3.63) is 34.9 Å². The first-order valence-corrected chi connectivity index (χ1v) is 6.75. The van der Waals surface area contributed by atoms with E-state index in [1.807, 2.05) is 36.1 Å². The smallest absolute Gasteiger partial charge is 0.229 e. The van der Waals surface area contributed by atoms with E-state index in [0.29, 0.717) is 5.02 Å². The molecule has 0 spiro atoms. The average molecular weight is 303 g/mol. The summed E-state index contributed by atoms with van der Waals surface area (Å²) in [5.74, 6) is 0.0298. The second kappa shape index (κ2) is 7.13. The van der Waals surface area contributed by atoms with Crippen molar-refractivity contribution in [3.8, 4) is 0 Å². The number of nitrogens with two attached hydrogens (primary N) is 1. The SMILES string of the molecule is CC(C(=O)N1CCC(N)CC1)c1cccc(Cl)c1.Cl. The number of hydrogen-bond donors (Lipinski definition) is 1. The van der Waals surface area contributed by atoms with Crippen molar-refractivity contribution in [2.45, 2.75) is 31.7 Å². The molecule has 1 aliphatic heterocycles. The molecule has 1 unspecified atom stereocenters. The molecule has 1 heterocycles. The first-order chi connectivity index (χ1) is 8.58. The minimum Gasteiger partial charge on any atom is -0.342 e. The van der Waals surface area contributed by atoms with E-state index in [1.165, 1.54) is 0 Å². The van der Waals surface area contributed by atoms with E-state index in [0.717, 1.165) is 31.5 Å². The fourth-order valence-electron chi connectivity index (χ4n) is 2.31. The molecule has 1 aromatic rings. The molecular formula is C14H20Cl2N2O. The molecule has 1 saturated heterocycles. The molecule has 0 saturated carbocycles. The number of rotatable bonds is 2. The summed E-state index contributed by atoms with van der Waals surface area (Å²) in [6, 6.07) is 7.76. The van der Waals surface area contributed by atoms with Crippen LogP contribution in [0.15, 0.2) is 24.3 Å². The van der Waals surface area contributed by atoms with E-state index >= 15 is 0 Å². The Morgan fingerprint density at radius 3 is 2.63 bits per heavy atom. The van der Waals surface area contributed by atoms with Crippen molar-refractivity contribution in [2.24, 2.45) is 5.73 Å². The highest BCUT2D eigenvalue weighted by Crippen LogP contribution is 2.22. The third kappa shape index (κ3) is 4.10. The van der Waals surface area contributed by atoms with Gasteiger partial charge in [0.25, 0.3) is 0 Å². The fraction of sp³-hybridized carbons (Fsp3) is 0.500. The standard InChI is InChI=1S/C14H19ClN2O.ClH/c1-10(11-3-2-4-12(15)9-11)14(18)17-7-5-13(16)6-8-17;/h2-4,9-10,13H,5-8,16H2,1H3;1H. The Morgan fingerprint density at radius 2 is 2.05 bits per heavy atom. The maximum atomic E-state index is 12.4. The van der Waals surface area contributed by atoms with Gasteiger partial charge in [-0.15, -0.1) is 12.4 Å². The summed E-state index contributed by atoms with van der Waals surface area (Å²) in [6.45, 7) is 3.47. The lowest BCUT2D eigenvalue weighted by molar-refractivity contribution is -0.133. The first-order valence-electron chi connectivity index (χ1n) is 6.38. The van der Waals surface area contributed by atoms with Crippen molar-refractivity contribution < 1.29 is 4.79 Å². The number of piperidine rings is 1. The quantitative estimate of drug-likeness (QED) is 0.913. The Hall–Kier alpha value is -0.770. The monoisotopic (exact) mass is 302 g/mol. The van der Waals surface area contributed by atoms with Gasteiger partial charge in [-0.05, 0) is 37.5 Å². The molecule has 19 heavy (non-hydrogen) atoms. The van der Waals surface area contributed by atoms with E-state index in [-0.39, 0.29) is 30.3 Å². The van der Waals surface area contributed by atoms with Gasteiger partial charge in [0.05, 0.1) is 5.92 Å². The van der Waals surface area contributed by atoms with Crippen molar-refractivity contribution in [2.75, 3.05) is 13.1 Å². The summed E-state index contributed by atoms with van der Waals surface area (Å²) in [5.41, 5.74) is 6.82. The Morgan fingerprint density at radius 1 is 1.42 bits per heavy atom. The van der Waals surface area contributed by atoms with Gasteiger partial charge in [0.2, 0.25) is 5.91 Å². The summed E-state index contributed by atoms with van der Waals surface area (Å²) >= 11 is 5.96. The van der Waals surface area contributed by atoms with Crippen LogP contribution < -0.4 is 5.73 Å². The predicted molar refractivity (Wildman–Crippen MR) is 80.9 cm³/mol. The Balaban J connectivity index is 0.00000180. The third-order valence-electron chi connectivity index (χ3n) is 3.57. The van der Waals surface area contributed by atoms with Crippen LogP contribution in [0, 0.1) is 0 Å². The summed E-state index contributed by atoms with van der Waals surface area (Å²) in [7, 11) is 0. The van der Waals surface area contributed by atoms with Gasteiger partial charge in [0.15, 0.2) is 0 Å². The highest BCUT2D eigenvalue weighted by Gasteiger charge is 2.25. The van der Waals surface area contributed by atoms with Gasteiger partial charge in [0, 0.05) is 24.2 Å². The minimum absolute atomic E-state index is 0. The molecule has 0 radical (unpaired) electrons. The van der Waals surface area contributed by atoms with Crippen LogP contribution in [0.5, 0.6) is 0 Å². The summed E-state index contributed by atoms with van der Waals surface area (Å²) < 4.78 is 0. The number of amides is 1. The lowest BCUT2D eigenvalue weighted by Gasteiger charge is -2.32. The molecule has 1 atom stereocenters. The maximum Gasteiger partial charge on any atom is 0.229 e. The van der Waals surface area contributed by atoms with Crippen LogP contribution in [0.2, 0.25) is 5.02 Å². The van der Waals surface area contributed by atoms with E-state index in [1.54, 1.807) is 0 Å². The zero-order chi connectivity index (χ0) is 13.1. The third-order valence-corrected chi connectivity index (χ3v) is 3.81. The zero-order valence-electron chi connectivity index (χ0n) is 11.0. The zero-order valence-corrected chi connectivity index (χ0v) is 12.6. The summed E-state index contributed by atoms with van der Waals surface area (Å²) in [6.07, 6.45) is 1.79. The molecule has 1 aliphatic rings. The van der Waals surface area contributed by atoms with E-state index in [2.05, 4.69) is 0 Å². The van der Waals surface area contributed by atoms with E-state index in [9.17, 15) is 4.79 Å². The number of carbonyl (C=O) groups excluding carboxylic acids is 1. The minimum atomic E-state index is -0.141. The van der Waals surface area contributed by atoms with Crippen LogP contribution in [0.3, 0.4) is 0 Å². The molecule has 1 fully saturated rings. The Labute approximate surface area is 125 Å². The van der Waals surface area contributed by atoms with Gasteiger partial charge in [-0.2, -0.15) is 0 Å². The van der Waals surface area contributed by atoms with Crippen molar-refractivity contribution in [1.29, 1.82) is 0 Å². The molecule has 1 amide bonds. The molecule has 3 nitrogen and oxygen atoms in total. The van der Waals surface area contributed by atoms with Crippen LogP contribution in [-0.4, -0.2) is 29.9 Å². The molecule has 2 N–H and O–H groups in total. The van der Waals surface area contributed by atoms with Gasteiger partial charge >= 0.3 is 0 Å². The summed E-state index contributed by atoms with van der Waals surface area (Å²) in [5, 5.41) is 0.674. The number of halogens is 2. The maximum absolute atomic E-state index is 12.4. The average Bonchev–Trinajstić information content (AvgIpc) is 2.38. The van der Waals surface area contributed by atoms with Crippen LogP contribution in [0.25, 0.3) is 0 Å². The topological polar surface area (TPSA) is 46.3 Å². The lowest BCUT2D eigenvalue weighted by atomic mass is 9.97. The van der Waals surface area contributed by atoms with Crippen LogP contribution in [-0.2, 0) is 4.79 Å². The van der Waals surface area contributed by atoms with E-state index < -0.39 is 0 Å². The molecule has 0 aliphatic carbocycles. The highest BCUT2D eigenvalue weighted by molar-refractivity contribution is 6.30. The van der Waals surface area contributed by atoms with Crippen LogP contribution >= 0.6 is 24.0 Å². The largest absolute Gasteiger partial charge is 0.342 e. The van der Waals surface area contributed by atoms with Gasteiger partial charge in [-0.1, -0.05) is 23.7 Å². The number of likely N-dealkylation sites (tertiary alicyclic amines) is 1. The molecule has 0 bridgehead atoms. The lowest BCUT2D eigenvalue weighted by Crippen LogP contribution is -2.44. The molecule has 0 aromatic heterocycles. The van der Waals surface area contributed by atoms with Crippen LogP contribution in [0.1, 0.15) is 31.2 Å². The number of hydrogen-bond acceptors (Lipinski definition) is 2. The van der Waals surface area contributed by atoms with Crippen molar-refractivity contribution in [3.63, 3.8) is 0 Å². The summed E-state index contributed by atoms with van der Waals surface area (Å²) in [4.78, 5) is 14.3. The van der Waals surface area contributed by atoms with Gasteiger partial charge in [0.1, 0.15) is 0 Å². The molecule has 106 valence electrons. The molecular weight excluding hydrogens is 283 g/mol. The predicted octanol–water partition coefficient (Wildman–Crippen LogP) is 2.82. The fourth-order valence-corrected chi connectivity index (χ4v) is 2.51. The van der Waals surface area contributed by atoms with Crippen LogP contribution in [0.4, 0.5) is 0 Å². The number of benzene rings is 1. The molecule has 5 heteroatoms. The normalized spacial score (nSPS) is 17.7. The van der Waals surface area contributed by atoms with Crippen molar-refractivity contribution >= 4 is 29.9 Å². The Bertz CT molecular complexity index is 431. The molecule has 1 aromatic carbocycles. The first kappa shape index (κ1) is 16.3. The van der Waals surface area contributed by atoms with Gasteiger partial charge in [-0.3, -0.25) is 4.79 Å². The molecule has 2 rings (SSSR count). The van der Waals surface area contributed by atoms with E-state index in [4.69, 9.17) is 17.3 Å². The number of carbonyl (C=O) groups is 1. The van der Waals surface area contributed by atoms with Gasteiger partial charge < -0.3 is 10.6 Å².